The van der Waals surface area contributed by atoms with Crippen molar-refractivity contribution in [3.8, 4) is 0 Å². The first-order valence-electron chi connectivity index (χ1n) is 4.72. The molecule has 2 rings (SSSR count). The Hall–Kier alpha value is -1.35. The van der Waals surface area contributed by atoms with Crippen LogP contribution in [0.5, 0.6) is 0 Å². The molecule has 0 saturated carbocycles. The van der Waals surface area contributed by atoms with E-state index in [0.29, 0.717) is 0 Å². The Morgan fingerprint density at radius 2 is 2.29 bits per heavy atom. The van der Waals surface area contributed by atoms with Gasteiger partial charge in [-0.1, -0.05) is 24.3 Å². The Kier molecular flexibility index (Phi) is 2.25. The molecule has 1 aliphatic rings. The lowest BCUT2D eigenvalue weighted by molar-refractivity contribution is -0.138. The van der Waals surface area contributed by atoms with Crippen molar-refractivity contribution in [2.45, 2.75) is 19.5 Å². The molecule has 0 radical (unpaired) electrons. The molecule has 14 heavy (non-hydrogen) atoms. The predicted molar refractivity (Wildman–Crippen MR) is 52.9 cm³/mol. The number of carboxylic acid groups (broad SMARTS) is 1. The van der Waals surface area contributed by atoms with Gasteiger partial charge in [-0.2, -0.15) is 0 Å². The van der Waals surface area contributed by atoms with Gasteiger partial charge in [0.05, 0.1) is 6.54 Å². The molecule has 0 amide bonds. The van der Waals surface area contributed by atoms with Crippen LogP contribution in [0, 0.1) is 0 Å². The molecular weight excluding hydrogens is 178 g/mol. The number of carboxylic acids is 1. The number of rotatable bonds is 2. The Bertz CT molecular complexity index is 362. The van der Waals surface area contributed by atoms with Crippen molar-refractivity contribution in [2.24, 2.45) is 0 Å². The SMILES string of the molecule is CC1c2ccccc2CN1CC(=O)O. The maximum Gasteiger partial charge on any atom is 0.317 e. The van der Waals surface area contributed by atoms with E-state index >= 15 is 0 Å². The van der Waals surface area contributed by atoms with Crippen LogP contribution in [-0.4, -0.2) is 22.5 Å². The average molecular weight is 191 g/mol. The van der Waals surface area contributed by atoms with Gasteiger partial charge in [0.1, 0.15) is 0 Å². The van der Waals surface area contributed by atoms with E-state index in [4.69, 9.17) is 5.11 Å². The van der Waals surface area contributed by atoms with Crippen LogP contribution < -0.4 is 0 Å². The number of aliphatic carboxylic acids is 1. The zero-order valence-electron chi connectivity index (χ0n) is 8.10. The normalized spacial score (nSPS) is 20.8. The first kappa shape index (κ1) is 9.21. The van der Waals surface area contributed by atoms with Crippen LogP contribution in [0.25, 0.3) is 0 Å². The van der Waals surface area contributed by atoms with E-state index in [0.717, 1.165) is 6.54 Å². The fraction of sp³-hybridized carbons (Fsp3) is 0.364. The van der Waals surface area contributed by atoms with E-state index in [-0.39, 0.29) is 12.6 Å². The van der Waals surface area contributed by atoms with E-state index in [1.807, 2.05) is 17.0 Å². The minimum atomic E-state index is -0.760. The van der Waals surface area contributed by atoms with Gasteiger partial charge in [0.25, 0.3) is 0 Å². The molecule has 1 aromatic rings. The fourth-order valence-corrected chi connectivity index (χ4v) is 2.00. The molecule has 1 aliphatic heterocycles. The molecule has 0 saturated heterocycles. The summed E-state index contributed by atoms with van der Waals surface area (Å²) in [6.07, 6.45) is 0. The van der Waals surface area contributed by atoms with Gasteiger partial charge in [-0.25, -0.2) is 0 Å². The van der Waals surface area contributed by atoms with E-state index in [2.05, 4.69) is 19.1 Å². The average Bonchev–Trinajstić information content (AvgIpc) is 2.44. The largest absolute Gasteiger partial charge is 0.480 e. The zero-order chi connectivity index (χ0) is 10.1. The number of carbonyl (C=O) groups is 1. The summed E-state index contributed by atoms with van der Waals surface area (Å²) in [6.45, 7) is 2.92. The molecule has 0 fully saturated rings. The van der Waals surface area contributed by atoms with Crippen LogP contribution in [-0.2, 0) is 11.3 Å². The lowest BCUT2D eigenvalue weighted by atomic mass is 10.1. The highest BCUT2D eigenvalue weighted by Crippen LogP contribution is 2.32. The zero-order valence-corrected chi connectivity index (χ0v) is 8.10. The van der Waals surface area contributed by atoms with E-state index in [9.17, 15) is 4.79 Å². The molecule has 3 heteroatoms. The van der Waals surface area contributed by atoms with Crippen LogP contribution in [0.4, 0.5) is 0 Å². The molecule has 0 aliphatic carbocycles. The molecular formula is C11H13NO2. The lowest BCUT2D eigenvalue weighted by Crippen LogP contribution is -2.26. The molecule has 0 spiro atoms. The highest BCUT2D eigenvalue weighted by molar-refractivity contribution is 5.69. The second-order valence-corrected chi connectivity index (χ2v) is 3.67. The number of hydrogen-bond acceptors (Lipinski definition) is 2. The highest BCUT2D eigenvalue weighted by Gasteiger charge is 2.27. The van der Waals surface area contributed by atoms with Gasteiger partial charge in [0.15, 0.2) is 0 Å². The standard InChI is InChI=1S/C11H13NO2/c1-8-10-5-3-2-4-9(10)6-12(8)7-11(13)14/h2-5,8H,6-7H2,1H3,(H,13,14). The lowest BCUT2D eigenvalue weighted by Gasteiger charge is -2.18. The van der Waals surface area contributed by atoms with Gasteiger partial charge < -0.3 is 5.11 Å². The van der Waals surface area contributed by atoms with Gasteiger partial charge in [-0.05, 0) is 18.1 Å². The van der Waals surface area contributed by atoms with Gasteiger partial charge in [0, 0.05) is 12.6 Å². The van der Waals surface area contributed by atoms with Crippen LogP contribution in [0.1, 0.15) is 24.1 Å². The topological polar surface area (TPSA) is 40.5 Å². The van der Waals surface area contributed by atoms with Crippen LogP contribution in [0.2, 0.25) is 0 Å². The quantitative estimate of drug-likeness (QED) is 0.772. The maximum absolute atomic E-state index is 10.6. The van der Waals surface area contributed by atoms with Crippen LogP contribution >= 0.6 is 0 Å². The third-order valence-corrected chi connectivity index (χ3v) is 2.76. The molecule has 0 aromatic heterocycles. The minimum Gasteiger partial charge on any atom is -0.480 e. The summed E-state index contributed by atoms with van der Waals surface area (Å²) in [5, 5.41) is 8.73. The molecule has 1 unspecified atom stereocenters. The number of fused-ring (bicyclic) bond motifs is 1. The third-order valence-electron chi connectivity index (χ3n) is 2.76. The van der Waals surface area contributed by atoms with E-state index in [1.54, 1.807) is 0 Å². The Labute approximate surface area is 83.0 Å². The van der Waals surface area contributed by atoms with Crippen LogP contribution in [0.3, 0.4) is 0 Å². The Morgan fingerprint density at radius 3 is 2.93 bits per heavy atom. The molecule has 1 N–H and O–H groups in total. The van der Waals surface area contributed by atoms with Crippen molar-refractivity contribution in [3.63, 3.8) is 0 Å². The van der Waals surface area contributed by atoms with Gasteiger partial charge in [0.2, 0.25) is 0 Å². The molecule has 1 heterocycles. The van der Waals surface area contributed by atoms with Crippen molar-refractivity contribution in [3.05, 3.63) is 35.4 Å². The molecule has 0 bridgehead atoms. The Balaban J connectivity index is 2.21. The molecule has 3 nitrogen and oxygen atoms in total. The molecule has 1 atom stereocenters. The first-order chi connectivity index (χ1) is 6.68. The van der Waals surface area contributed by atoms with Crippen molar-refractivity contribution in [1.29, 1.82) is 0 Å². The van der Waals surface area contributed by atoms with Gasteiger partial charge in [-0.15, -0.1) is 0 Å². The molecule has 1 aromatic carbocycles. The van der Waals surface area contributed by atoms with Crippen molar-refractivity contribution in [2.75, 3.05) is 6.54 Å². The van der Waals surface area contributed by atoms with Crippen molar-refractivity contribution in [1.82, 2.24) is 4.90 Å². The summed E-state index contributed by atoms with van der Waals surface area (Å²) in [5.41, 5.74) is 2.51. The number of benzene rings is 1. The summed E-state index contributed by atoms with van der Waals surface area (Å²) >= 11 is 0. The summed E-state index contributed by atoms with van der Waals surface area (Å²) in [6, 6.07) is 8.35. The highest BCUT2D eigenvalue weighted by atomic mass is 16.4. The van der Waals surface area contributed by atoms with E-state index < -0.39 is 5.97 Å². The summed E-state index contributed by atoms with van der Waals surface area (Å²) < 4.78 is 0. The van der Waals surface area contributed by atoms with Crippen molar-refractivity contribution < 1.29 is 9.90 Å². The molecule has 74 valence electrons. The maximum atomic E-state index is 10.6. The van der Waals surface area contributed by atoms with Gasteiger partial charge >= 0.3 is 5.97 Å². The summed E-state index contributed by atoms with van der Waals surface area (Å²) in [5.74, 6) is -0.760. The second kappa shape index (κ2) is 3.42. The summed E-state index contributed by atoms with van der Waals surface area (Å²) in [7, 11) is 0. The fourth-order valence-electron chi connectivity index (χ4n) is 2.00. The van der Waals surface area contributed by atoms with E-state index in [1.165, 1.54) is 11.1 Å². The smallest absolute Gasteiger partial charge is 0.317 e. The number of nitrogens with zero attached hydrogens (tertiary/aromatic N) is 1. The van der Waals surface area contributed by atoms with Crippen LogP contribution in [0.15, 0.2) is 24.3 Å². The Morgan fingerprint density at radius 1 is 1.57 bits per heavy atom. The minimum absolute atomic E-state index is 0.121. The van der Waals surface area contributed by atoms with Gasteiger partial charge in [-0.3, -0.25) is 9.69 Å². The predicted octanol–water partition coefficient (Wildman–Crippen LogP) is 1.65. The second-order valence-electron chi connectivity index (χ2n) is 3.67. The number of hydrogen-bond donors (Lipinski definition) is 1. The summed E-state index contributed by atoms with van der Waals surface area (Å²) in [4.78, 5) is 12.6. The first-order valence-corrected chi connectivity index (χ1v) is 4.72. The third kappa shape index (κ3) is 1.51. The monoisotopic (exact) mass is 191 g/mol. The van der Waals surface area contributed by atoms with Crippen molar-refractivity contribution >= 4 is 5.97 Å².